The molecule has 12 heteroatoms. The maximum Gasteiger partial charge on any atom is 0.410 e. The lowest BCUT2D eigenvalue weighted by Crippen LogP contribution is -2.35. The van der Waals surface area contributed by atoms with Crippen molar-refractivity contribution < 1.29 is 36.9 Å². The number of hydrogen-bond donors (Lipinski definition) is 2. The fourth-order valence-corrected chi connectivity index (χ4v) is 4.36. The molecular weight excluding hydrogens is 469 g/mol. The Morgan fingerprint density at radius 1 is 1.00 bits per heavy atom. The topological polar surface area (TPSA) is 95.9 Å². The summed E-state index contributed by atoms with van der Waals surface area (Å²) in [7, 11) is 0. The Labute approximate surface area is 196 Å². The van der Waals surface area contributed by atoms with Gasteiger partial charge in [-0.15, -0.1) is 0 Å². The summed E-state index contributed by atoms with van der Waals surface area (Å²) in [6, 6.07) is 9.03. The number of alkyl halides is 3. The van der Waals surface area contributed by atoms with E-state index in [2.05, 4.69) is 15.7 Å². The molecule has 4 heterocycles. The van der Waals surface area contributed by atoms with Gasteiger partial charge in [0.1, 0.15) is 5.82 Å². The maximum absolute atomic E-state index is 14.0. The molecule has 0 radical (unpaired) electrons. The van der Waals surface area contributed by atoms with E-state index in [4.69, 9.17) is 18.9 Å². The van der Waals surface area contributed by atoms with Gasteiger partial charge in [0.05, 0.1) is 6.04 Å². The summed E-state index contributed by atoms with van der Waals surface area (Å²) in [5.41, 5.74) is 1.25. The molecule has 2 N–H and O–H groups in total. The first-order valence-corrected chi connectivity index (χ1v) is 10.8. The molecule has 1 amide bonds. The first-order valence-electron chi connectivity index (χ1n) is 10.8. The highest BCUT2D eigenvalue weighted by Crippen LogP contribution is 2.45. The van der Waals surface area contributed by atoms with Crippen LogP contribution in [0, 0.1) is 0 Å². The summed E-state index contributed by atoms with van der Waals surface area (Å²) >= 11 is 0. The molecule has 0 bridgehead atoms. The van der Waals surface area contributed by atoms with Crippen LogP contribution >= 0.6 is 0 Å². The number of ether oxygens (including phenoxy) is 4. The average Bonchev–Trinajstić information content (AvgIpc) is 3.59. The standard InChI is InChI=1S/C23H19F3N4O5/c24-23(25,26)20-7-14(13-2-4-17-19(6-13)35-11-33-17)28-21-8-15(29-30(20)21)22(31)27-9-12-1-3-16-18(5-12)34-10-32-16/h1-6,8,14,20,28H,7,9-11H2,(H,27,31)/t14-,20-/m1/s1. The van der Waals surface area contributed by atoms with E-state index in [0.717, 1.165) is 10.2 Å². The minimum atomic E-state index is -4.56. The van der Waals surface area contributed by atoms with Crippen molar-refractivity contribution in [1.29, 1.82) is 0 Å². The lowest BCUT2D eigenvalue weighted by atomic mass is 9.96. The van der Waals surface area contributed by atoms with Crippen LogP contribution in [0.25, 0.3) is 0 Å². The molecule has 0 saturated heterocycles. The number of carbonyl (C=O) groups excluding carboxylic acids is 1. The summed E-state index contributed by atoms with van der Waals surface area (Å²) in [4.78, 5) is 12.7. The smallest absolute Gasteiger partial charge is 0.410 e. The van der Waals surface area contributed by atoms with Gasteiger partial charge >= 0.3 is 6.18 Å². The predicted molar refractivity (Wildman–Crippen MR) is 115 cm³/mol. The summed E-state index contributed by atoms with van der Waals surface area (Å²) in [5, 5.41) is 9.75. The number of amides is 1. The minimum absolute atomic E-state index is 0.0690. The van der Waals surface area contributed by atoms with Crippen LogP contribution in [0.15, 0.2) is 42.5 Å². The van der Waals surface area contributed by atoms with Crippen molar-refractivity contribution in [1.82, 2.24) is 15.1 Å². The van der Waals surface area contributed by atoms with Crippen molar-refractivity contribution in [2.45, 2.75) is 31.2 Å². The first kappa shape index (κ1) is 21.4. The zero-order chi connectivity index (χ0) is 24.2. The third kappa shape index (κ3) is 3.94. The van der Waals surface area contributed by atoms with Crippen LogP contribution in [0.4, 0.5) is 19.0 Å². The molecule has 9 nitrogen and oxygen atoms in total. The predicted octanol–water partition coefficient (Wildman–Crippen LogP) is 3.93. The Bertz CT molecular complexity index is 1310. The van der Waals surface area contributed by atoms with Crippen LogP contribution in [0.2, 0.25) is 0 Å². The van der Waals surface area contributed by atoms with E-state index in [0.29, 0.717) is 28.6 Å². The van der Waals surface area contributed by atoms with Gasteiger partial charge in [-0.2, -0.15) is 18.3 Å². The molecule has 2 atom stereocenters. The number of rotatable bonds is 4. The summed E-state index contributed by atoms with van der Waals surface area (Å²) in [5.74, 6) is 1.73. The molecule has 0 unspecified atom stereocenters. The maximum atomic E-state index is 14.0. The molecule has 3 aliphatic rings. The molecule has 1 aromatic heterocycles. The Kier molecular flexibility index (Phi) is 4.90. The van der Waals surface area contributed by atoms with E-state index in [-0.39, 0.29) is 38.1 Å². The SMILES string of the molecule is O=C(NCc1ccc2c(c1)OCO2)c1cc2n(n1)[C@@H](C(F)(F)F)C[C@H](c1ccc3c(c1)OCO3)N2. The third-order valence-electron chi connectivity index (χ3n) is 6.11. The van der Waals surface area contributed by atoms with Crippen LogP contribution in [0.1, 0.15) is 40.1 Å². The highest BCUT2D eigenvalue weighted by Gasteiger charge is 2.47. The van der Waals surface area contributed by atoms with Crippen LogP contribution < -0.4 is 29.6 Å². The molecule has 35 heavy (non-hydrogen) atoms. The van der Waals surface area contributed by atoms with Gasteiger partial charge in [-0.3, -0.25) is 4.79 Å². The van der Waals surface area contributed by atoms with Crippen LogP contribution in [-0.4, -0.2) is 35.4 Å². The number of halogens is 3. The molecule has 3 aromatic rings. The average molecular weight is 488 g/mol. The van der Waals surface area contributed by atoms with Crippen molar-refractivity contribution in [3.63, 3.8) is 0 Å². The Hall–Kier alpha value is -4.09. The van der Waals surface area contributed by atoms with Gasteiger partial charge < -0.3 is 29.6 Å². The van der Waals surface area contributed by atoms with E-state index in [9.17, 15) is 18.0 Å². The molecule has 0 spiro atoms. The molecule has 0 aliphatic carbocycles. The molecule has 3 aliphatic heterocycles. The zero-order valence-corrected chi connectivity index (χ0v) is 18.1. The number of aromatic nitrogens is 2. The molecule has 2 aromatic carbocycles. The van der Waals surface area contributed by atoms with Gasteiger partial charge in [0.15, 0.2) is 34.7 Å². The van der Waals surface area contributed by atoms with Crippen molar-refractivity contribution in [2.75, 3.05) is 18.9 Å². The molecule has 182 valence electrons. The fourth-order valence-electron chi connectivity index (χ4n) is 4.36. The van der Waals surface area contributed by atoms with Gasteiger partial charge in [0, 0.05) is 19.0 Å². The number of carbonyl (C=O) groups is 1. The van der Waals surface area contributed by atoms with E-state index < -0.39 is 24.2 Å². The molecule has 0 saturated carbocycles. The second-order valence-corrected chi connectivity index (χ2v) is 8.33. The third-order valence-corrected chi connectivity index (χ3v) is 6.11. The number of hydrogen-bond acceptors (Lipinski definition) is 7. The molecule has 6 rings (SSSR count). The van der Waals surface area contributed by atoms with Crippen molar-refractivity contribution in [3.8, 4) is 23.0 Å². The van der Waals surface area contributed by atoms with Gasteiger partial charge in [-0.25, -0.2) is 4.68 Å². The first-order chi connectivity index (χ1) is 16.8. The summed E-state index contributed by atoms with van der Waals surface area (Å²) in [6.45, 7) is 0.346. The fraction of sp³-hybridized carbons (Fsp3) is 0.304. The van der Waals surface area contributed by atoms with Crippen LogP contribution in [0.3, 0.4) is 0 Å². The zero-order valence-electron chi connectivity index (χ0n) is 18.1. The lowest BCUT2D eigenvalue weighted by molar-refractivity contribution is -0.173. The van der Waals surface area contributed by atoms with Gasteiger partial charge in [0.25, 0.3) is 5.91 Å². The quantitative estimate of drug-likeness (QED) is 0.575. The highest BCUT2D eigenvalue weighted by molar-refractivity contribution is 5.93. The van der Waals surface area contributed by atoms with E-state index in [1.54, 1.807) is 36.4 Å². The van der Waals surface area contributed by atoms with Crippen molar-refractivity contribution in [2.24, 2.45) is 0 Å². The Morgan fingerprint density at radius 3 is 2.43 bits per heavy atom. The summed E-state index contributed by atoms with van der Waals surface area (Å²) in [6.07, 6.45) is -4.85. The van der Waals surface area contributed by atoms with E-state index in [1.165, 1.54) is 6.07 Å². The molecule has 0 fully saturated rings. The normalized spacial score (nSPS) is 19.7. The number of nitrogens with one attached hydrogen (secondary N) is 2. The minimum Gasteiger partial charge on any atom is -0.454 e. The van der Waals surface area contributed by atoms with Gasteiger partial charge in [-0.1, -0.05) is 12.1 Å². The monoisotopic (exact) mass is 488 g/mol. The van der Waals surface area contributed by atoms with Crippen molar-refractivity contribution in [3.05, 3.63) is 59.3 Å². The molecular formula is C23H19F3N4O5. The second kappa shape index (κ2) is 8.00. The number of nitrogens with zero attached hydrogens (tertiary/aromatic N) is 2. The Morgan fingerprint density at radius 2 is 1.69 bits per heavy atom. The van der Waals surface area contributed by atoms with Crippen LogP contribution in [0.5, 0.6) is 23.0 Å². The lowest BCUT2D eigenvalue weighted by Gasteiger charge is -2.33. The number of fused-ring (bicyclic) bond motifs is 3. The van der Waals surface area contributed by atoms with Crippen molar-refractivity contribution >= 4 is 11.7 Å². The Balaban J connectivity index is 1.22. The van der Waals surface area contributed by atoms with Gasteiger partial charge in [0.2, 0.25) is 13.6 Å². The van der Waals surface area contributed by atoms with Crippen LogP contribution in [-0.2, 0) is 6.54 Å². The summed E-state index contributed by atoms with van der Waals surface area (Å²) < 4.78 is 63.9. The van der Waals surface area contributed by atoms with E-state index in [1.807, 2.05) is 0 Å². The van der Waals surface area contributed by atoms with E-state index >= 15 is 0 Å². The number of benzene rings is 2. The largest absolute Gasteiger partial charge is 0.454 e. The number of anilines is 1. The highest BCUT2D eigenvalue weighted by atomic mass is 19.4. The van der Waals surface area contributed by atoms with Gasteiger partial charge in [-0.05, 0) is 35.4 Å². The second-order valence-electron chi connectivity index (χ2n) is 8.33.